The Bertz CT molecular complexity index is 473. The molecular formula is C14H24N4O2. The molecule has 1 aliphatic rings. The van der Waals surface area contributed by atoms with Crippen molar-refractivity contribution in [3.8, 4) is 0 Å². The molecule has 2 atom stereocenters. The first-order valence-electron chi connectivity index (χ1n) is 7.13. The molecule has 1 saturated carbocycles. The Morgan fingerprint density at radius 3 is 3.00 bits per heavy atom. The smallest absolute Gasteiger partial charge is 0.323 e. The summed E-state index contributed by atoms with van der Waals surface area (Å²) in [7, 11) is 4.02. The fourth-order valence-corrected chi connectivity index (χ4v) is 3.07. The Labute approximate surface area is 119 Å². The highest BCUT2D eigenvalue weighted by Gasteiger charge is 2.45. The number of nitrogens with zero attached hydrogens (tertiary/aromatic N) is 3. The number of aryl methyl sites for hydroxylation is 1. The van der Waals surface area contributed by atoms with E-state index in [4.69, 9.17) is 0 Å². The molecule has 0 spiro atoms. The molecule has 2 N–H and O–H groups in total. The van der Waals surface area contributed by atoms with Gasteiger partial charge in [0, 0.05) is 25.5 Å². The molecule has 2 rings (SSSR count). The van der Waals surface area contributed by atoms with Crippen LogP contribution in [0.1, 0.15) is 32.0 Å². The number of aromatic nitrogens is 2. The van der Waals surface area contributed by atoms with E-state index in [0.29, 0.717) is 19.4 Å². The molecular weight excluding hydrogens is 256 g/mol. The van der Waals surface area contributed by atoms with Gasteiger partial charge in [-0.2, -0.15) is 0 Å². The van der Waals surface area contributed by atoms with Gasteiger partial charge in [0.05, 0.1) is 6.54 Å². The van der Waals surface area contributed by atoms with Gasteiger partial charge >= 0.3 is 5.97 Å². The van der Waals surface area contributed by atoms with Crippen LogP contribution in [0.2, 0.25) is 0 Å². The highest BCUT2D eigenvalue weighted by Crippen LogP contribution is 2.33. The second-order valence-electron chi connectivity index (χ2n) is 5.68. The first kappa shape index (κ1) is 15.0. The maximum atomic E-state index is 11.6. The quantitative estimate of drug-likeness (QED) is 0.808. The lowest BCUT2D eigenvalue weighted by Crippen LogP contribution is -2.51. The number of nitrogens with one attached hydrogen (secondary N) is 1. The molecule has 112 valence electrons. The summed E-state index contributed by atoms with van der Waals surface area (Å²) in [6.07, 6.45) is 5.96. The van der Waals surface area contributed by atoms with E-state index in [-0.39, 0.29) is 6.04 Å². The monoisotopic (exact) mass is 280 g/mol. The number of likely N-dealkylation sites (N-methyl/N-ethyl adjacent to an activating group) is 1. The third-order valence-electron chi connectivity index (χ3n) is 4.35. The Kier molecular flexibility index (Phi) is 4.45. The van der Waals surface area contributed by atoms with Gasteiger partial charge in [-0.15, -0.1) is 0 Å². The lowest BCUT2D eigenvalue weighted by molar-refractivity contribution is -0.144. The lowest BCUT2D eigenvalue weighted by atomic mass is 9.97. The van der Waals surface area contributed by atoms with Crippen LogP contribution >= 0.6 is 0 Å². The molecule has 1 aromatic heterocycles. The third kappa shape index (κ3) is 2.86. The molecule has 0 bridgehead atoms. The maximum Gasteiger partial charge on any atom is 0.323 e. The number of carboxylic acids is 1. The van der Waals surface area contributed by atoms with Crippen molar-refractivity contribution in [3.05, 3.63) is 18.2 Å². The zero-order chi connectivity index (χ0) is 14.8. The van der Waals surface area contributed by atoms with Gasteiger partial charge in [-0.1, -0.05) is 6.92 Å². The van der Waals surface area contributed by atoms with Crippen molar-refractivity contribution >= 4 is 5.97 Å². The first-order valence-corrected chi connectivity index (χ1v) is 7.13. The molecule has 1 heterocycles. The Morgan fingerprint density at radius 1 is 1.70 bits per heavy atom. The number of hydrogen-bond acceptors (Lipinski definition) is 4. The number of aliphatic carboxylic acids is 1. The molecule has 0 saturated heterocycles. The summed E-state index contributed by atoms with van der Waals surface area (Å²) in [5, 5.41) is 12.7. The van der Waals surface area contributed by atoms with Gasteiger partial charge < -0.3 is 15.0 Å². The van der Waals surface area contributed by atoms with Gasteiger partial charge in [-0.3, -0.25) is 9.69 Å². The molecule has 0 aliphatic heterocycles. The van der Waals surface area contributed by atoms with E-state index in [1.807, 2.05) is 31.8 Å². The fourth-order valence-electron chi connectivity index (χ4n) is 3.07. The van der Waals surface area contributed by atoms with Gasteiger partial charge in [0.1, 0.15) is 11.4 Å². The number of hydrogen-bond donors (Lipinski definition) is 2. The van der Waals surface area contributed by atoms with Crippen LogP contribution in [-0.4, -0.2) is 50.7 Å². The van der Waals surface area contributed by atoms with Crippen LogP contribution in [0.5, 0.6) is 0 Å². The van der Waals surface area contributed by atoms with E-state index in [0.717, 1.165) is 18.8 Å². The van der Waals surface area contributed by atoms with E-state index >= 15 is 0 Å². The number of carboxylic acid groups (broad SMARTS) is 1. The van der Waals surface area contributed by atoms with Crippen LogP contribution in [0.3, 0.4) is 0 Å². The Balaban J connectivity index is 2.01. The first-order chi connectivity index (χ1) is 9.48. The van der Waals surface area contributed by atoms with Gasteiger partial charge in [0.15, 0.2) is 0 Å². The standard InChI is InChI=1S/C14H24N4O2/c1-4-16-14(13(19)20)6-5-11(9-14)18(3)10-12-15-7-8-17(12)2/h7-8,11,16H,4-6,9-10H2,1-3H3,(H,19,20). The zero-order valence-electron chi connectivity index (χ0n) is 12.5. The van der Waals surface area contributed by atoms with Gasteiger partial charge in [0.25, 0.3) is 0 Å². The van der Waals surface area contributed by atoms with E-state index in [1.54, 1.807) is 6.20 Å². The molecule has 2 unspecified atom stereocenters. The fraction of sp³-hybridized carbons (Fsp3) is 0.714. The minimum absolute atomic E-state index is 0.279. The van der Waals surface area contributed by atoms with Crippen molar-refractivity contribution in [2.75, 3.05) is 13.6 Å². The van der Waals surface area contributed by atoms with Crippen LogP contribution in [0, 0.1) is 0 Å². The minimum Gasteiger partial charge on any atom is -0.480 e. The largest absolute Gasteiger partial charge is 0.480 e. The number of imidazole rings is 1. The highest BCUT2D eigenvalue weighted by molar-refractivity contribution is 5.79. The summed E-state index contributed by atoms with van der Waals surface area (Å²) >= 11 is 0. The summed E-state index contributed by atoms with van der Waals surface area (Å²) in [5.74, 6) is 0.274. The van der Waals surface area contributed by atoms with E-state index in [1.165, 1.54) is 0 Å². The van der Waals surface area contributed by atoms with Crippen molar-refractivity contribution < 1.29 is 9.90 Å². The zero-order valence-corrected chi connectivity index (χ0v) is 12.5. The minimum atomic E-state index is -0.755. The van der Waals surface area contributed by atoms with Crippen LogP contribution < -0.4 is 5.32 Å². The topological polar surface area (TPSA) is 70.4 Å². The molecule has 1 fully saturated rings. The normalized spacial score (nSPS) is 26.3. The maximum absolute atomic E-state index is 11.6. The second-order valence-corrected chi connectivity index (χ2v) is 5.68. The van der Waals surface area contributed by atoms with Crippen molar-refractivity contribution in [1.82, 2.24) is 19.8 Å². The number of carbonyl (C=O) groups is 1. The van der Waals surface area contributed by atoms with Crippen molar-refractivity contribution in [2.24, 2.45) is 7.05 Å². The van der Waals surface area contributed by atoms with Crippen molar-refractivity contribution in [2.45, 2.75) is 44.3 Å². The summed E-state index contributed by atoms with van der Waals surface area (Å²) in [6.45, 7) is 3.38. The average molecular weight is 280 g/mol. The van der Waals surface area contributed by atoms with E-state index in [9.17, 15) is 9.90 Å². The van der Waals surface area contributed by atoms with Gasteiger partial charge in [0.2, 0.25) is 0 Å². The Morgan fingerprint density at radius 2 is 2.45 bits per heavy atom. The molecule has 0 amide bonds. The van der Waals surface area contributed by atoms with Crippen LogP contribution in [-0.2, 0) is 18.4 Å². The summed E-state index contributed by atoms with van der Waals surface area (Å²) < 4.78 is 2.00. The third-order valence-corrected chi connectivity index (χ3v) is 4.35. The van der Waals surface area contributed by atoms with E-state index in [2.05, 4.69) is 15.2 Å². The average Bonchev–Trinajstić information content (AvgIpc) is 2.98. The van der Waals surface area contributed by atoms with Crippen LogP contribution in [0.15, 0.2) is 12.4 Å². The van der Waals surface area contributed by atoms with Crippen LogP contribution in [0.25, 0.3) is 0 Å². The molecule has 0 aromatic carbocycles. The van der Waals surface area contributed by atoms with Crippen molar-refractivity contribution in [3.63, 3.8) is 0 Å². The van der Waals surface area contributed by atoms with Gasteiger partial charge in [-0.25, -0.2) is 4.98 Å². The van der Waals surface area contributed by atoms with E-state index < -0.39 is 11.5 Å². The molecule has 1 aliphatic carbocycles. The second kappa shape index (κ2) is 5.93. The highest BCUT2D eigenvalue weighted by atomic mass is 16.4. The molecule has 6 heteroatoms. The summed E-state index contributed by atoms with van der Waals surface area (Å²) in [5.41, 5.74) is -0.755. The lowest BCUT2D eigenvalue weighted by Gasteiger charge is -2.28. The predicted molar refractivity (Wildman–Crippen MR) is 76.4 cm³/mol. The Hall–Kier alpha value is -1.40. The number of rotatable bonds is 6. The summed E-state index contributed by atoms with van der Waals surface area (Å²) in [6, 6.07) is 0.279. The predicted octanol–water partition coefficient (Wildman–Crippen LogP) is 0.837. The van der Waals surface area contributed by atoms with Crippen LogP contribution in [0.4, 0.5) is 0 Å². The molecule has 0 radical (unpaired) electrons. The molecule has 1 aromatic rings. The summed E-state index contributed by atoms with van der Waals surface area (Å²) in [4.78, 5) is 18.1. The van der Waals surface area contributed by atoms with Crippen molar-refractivity contribution in [1.29, 1.82) is 0 Å². The SMILES string of the molecule is CCNC1(C(=O)O)CCC(N(C)Cc2nccn2C)C1. The molecule has 6 nitrogen and oxygen atoms in total. The molecule has 20 heavy (non-hydrogen) atoms. The van der Waals surface area contributed by atoms with Gasteiger partial charge in [-0.05, 0) is 32.9 Å².